The van der Waals surface area contributed by atoms with Crippen LogP contribution in [0.4, 0.5) is 11.5 Å². The maximum atomic E-state index is 11.2. The van der Waals surface area contributed by atoms with E-state index < -0.39 is 5.91 Å². The Kier molecular flexibility index (Phi) is 3.35. The summed E-state index contributed by atoms with van der Waals surface area (Å²) in [6.07, 6.45) is 0. The summed E-state index contributed by atoms with van der Waals surface area (Å²) in [4.78, 5) is 16.6. The average molecular weight is 266 g/mol. The number of carbonyl (C=O) groups is 1. The molecule has 0 spiro atoms. The Hall–Kier alpha value is -1.86. The van der Waals surface area contributed by atoms with Gasteiger partial charge in [0, 0.05) is 11.9 Å². The number of hydrogen-bond donors (Lipinski definition) is 4. The van der Waals surface area contributed by atoms with Crippen molar-refractivity contribution in [3.63, 3.8) is 0 Å². The van der Waals surface area contributed by atoms with Crippen molar-refractivity contribution in [2.75, 3.05) is 24.2 Å². The molecule has 0 aromatic carbocycles. The van der Waals surface area contributed by atoms with Gasteiger partial charge in [-0.1, -0.05) is 0 Å². The number of nitrogens with two attached hydrogens (primary N) is 2. The van der Waals surface area contributed by atoms with Gasteiger partial charge in [0.2, 0.25) is 0 Å². The number of amides is 1. The van der Waals surface area contributed by atoms with Crippen LogP contribution in [0, 0.1) is 6.92 Å². The van der Waals surface area contributed by atoms with E-state index in [0.29, 0.717) is 27.8 Å². The minimum atomic E-state index is -0.542. The van der Waals surface area contributed by atoms with Crippen LogP contribution in [0.3, 0.4) is 0 Å². The highest BCUT2D eigenvalue weighted by molar-refractivity contribution is 7.21. The predicted octanol–water partition coefficient (Wildman–Crippen LogP) is 0.690. The summed E-state index contributed by atoms with van der Waals surface area (Å²) in [5.41, 5.74) is 12.5. The number of fused-ring (bicyclic) bond motifs is 1. The monoisotopic (exact) mass is 266 g/mol. The van der Waals surface area contributed by atoms with Crippen molar-refractivity contribution >= 4 is 39.0 Å². The first-order valence-corrected chi connectivity index (χ1v) is 6.20. The molecule has 0 bridgehead atoms. The predicted molar refractivity (Wildman–Crippen MR) is 72.9 cm³/mol. The van der Waals surface area contributed by atoms with E-state index in [2.05, 4.69) is 10.3 Å². The number of aliphatic hydroxyl groups is 1. The summed E-state index contributed by atoms with van der Waals surface area (Å²) in [6.45, 7) is 2.33. The van der Waals surface area contributed by atoms with Crippen molar-refractivity contribution in [1.29, 1.82) is 0 Å². The molecule has 0 aliphatic carbocycles. The molecule has 6 N–H and O–H groups in total. The van der Waals surface area contributed by atoms with Gasteiger partial charge in [-0.15, -0.1) is 11.3 Å². The highest BCUT2D eigenvalue weighted by Crippen LogP contribution is 2.35. The number of thiophene rings is 1. The molecule has 0 unspecified atom stereocenters. The largest absolute Gasteiger partial charge is 0.397 e. The van der Waals surface area contributed by atoms with Crippen molar-refractivity contribution in [3.8, 4) is 0 Å². The van der Waals surface area contributed by atoms with Crippen LogP contribution < -0.4 is 16.8 Å². The van der Waals surface area contributed by atoms with E-state index in [4.69, 9.17) is 16.6 Å². The molecule has 1 amide bonds. The zero-order chi connectivity index (χ0) is 13.3. The summed E-state index contributed by atoms with van der Waals surface area (Å²) in [6, 6.07) is 1.83. The van der Waals surface area contributed by atoms with Gasteiger partial charge in [0.05, 0.1) is 12.3 Å². The number of anilines is 2. The number of aryl methyl sites for hydroxylation is 1. The number of aromatic nitrogens is 1. The van der Waals surface area contributed by atoms with E-state index in [1.165, 1.54) is 11.3 Å². The second-order valence-corrected chi connectivity index (χ2v) is 4.86. The molecule has 0 aliphatic rings. The third-order valence-electron chi connectivity index (χ3n) is 2.54. The van der Waals surface area contributed by atoms with Crippen molar-refractivity contribution in [2.45, 2.75) is 6.92 Å². The molecule has 6 nitrogen and oxygen atoms in total. The fourth-order valence-electron chi connectivity index (χ4n) is 1.77. The summed E-state index contributed by atoms with van der Waals surface area (Å²) in [5, 5.41) is 12.5. The second-order valence-electron chi connectivity index (χ2n) is 3.86. The Bertz CT molecular complexity index is 609. The van der Waals surface area contributed by atoms with Gasteiger partial charge in [-0.2, -0.15) is 0 Å². The molecular weight excluding hydrogens is 252 g/mol. The molecular formula is C11H14N4O2S. The normalized spacial score (nSPS) is 10.8. The fraction of sp³-hybridized carbons (Fsp3) is 0.273. The van der Waals surface area contributed by atoms with Crippen LogP contribution in [0.15, 0.2) is 6.07 Å². The first-order chi connectivity index (χ1) is 8.54. The maximum absolute atomic E-state index is 11.2. The van der Waals surface area contributed by atoms with E-state index in [9.17, 15) is 4.79 Å². The van der Waals surface area contributed by atoms with Crippen LogP contribution in [-0.2, 0) is 0 Å². The van der Waals surface area contributed by atoms with Gasteiger partial charge in [-0.25, -0.2) is 4.98 Å². The number of pyridine rings is 1. The topological polar surface area (TPSA) is 114 Å². The molecule has 0 saturated heterocycles. The standard InChI is InChI=1S/C11H14N4O2S/c1-5-4-6(14-2-3-16)15-11-7(5)8(12)9(18-11)10(13)17/h4,16H,2-3,12H2,1H3,(H2,13,17)(H,14,15). The highest BCUT2D eigenvalue weighted by atomic mass is 32.1. The zero-order valence-electron chi connectivity index (χ0n) is 9.86. The van der Waals surface area contributed by atoms with Gasteiger partial charge in [0.15, 0.2) is 0 Å². The van der Waals surface area contributed by atoms with Gasteiger partial charge in [0.1, 0.15) is 15.5 Å². The van der Waals surface area contributed by atoms with Gasteiger partial charge in [-0.05, 0) is 18.6 Å². The molecule has 7 heteroatoms. The number of aliphatic hydroxyl groups excluding tert-OH is 1. The minimum absolute atomic E-state index is 0.0257. The van der Waals surface area contributed by atoms with Crippen LogP contribution in [0.1, 0.15) is 15.2 Å². The third kappa shape index (κ3) is 2.09. The number of nitrogens with one attached hydrogen (secondary N) is 1. The number of hydrogen-bond acceptors (Lipinski definition) is 6. The maximum Gasteiger partial charge on any atom is 0.260 e. The van der Waals surface area contributed by atoms with Crippen LogP contribution in [-0.4, -0.2) is 29.1 Å². The molecule has 0 atom stereocenters. The lowest BCUT2D eigenvalue weighted by molar-refractivity contribution is 0.100. The van der Waals surface area contributed by atoms with Gasteiger partial charge < -0.3 is 21.9 Å². The van der Waals surface area contributed by atoms with Gasteiger partial charge >= 0.3 is 0 Å². The Morgan fingerprint density at radius 1 is 1.61 bits per heavy atom. The molecule has 2 heterocycles. The summed E-state index contributed by atoms with van der Waals surface area (Å²) in [7, 11) is 0. The summed E-state index contributed by atoms with van der Waals surface area (Å²) in [5.74, 6) is 0.103. The van der Waals surface area contributed by atoms with E-state index in [1.807, 2.05) is 13.0 Å². The SMILES string of the molecule is Cc1cc(NCCO)nc2sc(C(N)=O)c(N)c12. The lowest BCUT2D eigenvalue weighted by Gasteiger charge is -2.05. The lowest BCUT2D eigenvalue weighted by Crippen LogP contribution is -2.10. The quantitative estimate of drug-likeness (QED) is 0.650. The average Bonchev–Trinajstić information content (AvgIpc) is 2.64. The second kappa shape index (κ2) is 4.79. The zero-order valence-corrected chi connectivity index (χ0v) is 10.7. The third-order valence-corrected chi connectivity index (χ3v) is 3.65. The first kappa shape index (κ1) is 12.6. The minimum Gasteiger partial charge on any atom is -0.397 e. The van der Waals surface area contributed by atoms with Crippen LogP contribution in [0.25, 0.3) is 10.2 Å². The Balaban J connectivity index is 2.56. The van der Waals surface area contributed by atoms with Crippen LogP contribution >= 0.6 is 11.3 Å². The summed E-state index contributed by atoms with van der Waals surface area (Å²) >= 11 is 1.18. The number of rotatable bonds is 4. The molecule has 0 radical (unpaired) electrons. The van der Waals surface area contributed by atoms with E-state index in [0.717, 1.165) is 10.9 Å². The fourth-order valence-corrected chi connectivity index (χ4v) is 2.79. The molecule has 0 saturated carbocycles. The molecule has 2 rings (SSSR count). The van der Waals surface area contributed by atoms with Crippen LogP contribution in [0.5, 0.6) is 0 Å². The Morgan fingerprint density at radius 2 is 2.33 bits per heavy atom. The summed E-state index contributed by atoms with van der Waals surface area (Å²) < 4.78 is 0. The molecule has 2 aromatic heterocycles. The van der Waals surface area contributed by atoms with Gasteiger partial charge in [0.25, 0.3) is 5.91 Å². The van der Waals surface area contributed by atoms with Crippen molar-refractivity contribution in [1.82, 2.24) is 4.98 Å². The van der Waals surface area contributed by atoms with Crippen LogP contribution in [0.2, 0.25) is 0 Å². The number of carbonyl (C=O) groups excluding carboxylic acids is 1. The number of nitrogens with zero attached hydrogens (tertiary/aromatic N) is 1. The Labute approximate surface area is 108 Å². The van der Waals surface area contributed by atoms with Crippen molar-refractivity contribution < 1.29 is 9.90 Å². The molecule has 0 aliphatic heterocycles. The van der Waals surface area contributed by atoms with Gasteiger partial charge in [-0.3, -0.25) is 4.79 Å². The van der Waals surface area contributed by atoms with E-state index >= 15 is 0 Å². The first-order valence-electron chi connectivity index (χ1n) is 5.38. The highest BCUT2D eigenvalue weighted by Gasteiger charge is 2.17. The van der Waals surface area contributed by atoms with Crippen molar-refractivity contribution in [2.24, 2.45) is 5.73 Å². The number of nitrogen functional groups attached to an aromatic ring is 1. The molecule has 0 fully saturated rings. The smallest absolute Gasteiger partial charge is 0.260 e. The molecule has 96 valence electrons. The van der Waals surface area contributed by atoms with Crippen molar-refractivity contribution in [3.05, 3.63) is 16.5 Å². The number of primary amides is 1. The lowest BCUT2D eigenvalue weighted by atomic mass is 10.1. The molecule has 2 aromatic rings. The Morgan fingerprint density at radius 3 is 2.94 bits per heavy atom. The molecule has 18 heavy (non-hydrogen) atoms. The van der Waals surface area contributed by atoms with E-state index in [-0.39, 0.29) is 6.61 Å². The van der Waals surface area contributed by atoms with E-state index in [1.54, 1.807) is 0 Å².